The van der Waals surface area contributed by atoms with Crippen LogP contribution in [0.25, 0.3) is 0 Å². The normalized spacial score (nSPS) is 18.1. The third-order valence-corrected chi connectivity index (χ3v) is 6.43. The number of hydrogen-bond donors (Lipinski definition) is 0. The van der Waals surface area contributed by atoms with E-state index < -0.39 is 0 Å². The van der Waals surface area contributed by atoms with Gasteiger partial charge in [-0.05, 0) is 61.1 Å². The van der Waals surface area contributed by atoms with Crippen LogP contribution in [0, 0.1) is 0 Å². The van der Waals surface area contributed by atoms with Crippen LogP contribution >= 0.6 is 11.8 Å². The first-order valence-corrected chi connectivity index (χ1v) is 11.2. The number of tetrazole rings is 1. The molecule has 2 heterocycles. The van der Waals surface area contributed by atoms with Gasteiger partial charge in [-0.15, -0.1) is 5.10 Å². The van der Waals surface area contributed by atoms with E-state index in [-0.39, 0.29) is 5.91 Å². The first-order valence-electron chi connectivity index (χ1n) is 10.2. The summed E-state index contributed by atoms with van der Waals surface area (Å²) in [5.74, 6) is 1.20. The summed E-state index contributed by atoms with van der Waals surface area (Å²) in [6, 6.07) is 4.14. The van der Waals surface area contributed by atoms with Gasteiger partial charge in [0.2, 0.25) is 11.1 Å². The Bertz CT molecular complexity index is 795. The van der Waals surface area contributed by atoms with Gasteiger partial charge >= 0.3 is 0 Å². The summed E-state index contributed by atoms with van der Waals surface area (Å²) in [7, 11) is 0. The molecule has 8 heteroatoms. The Balaban J connectivity index is 1.43. The third kappa shape index (κ3) is 4.66. The molecule has 0 unspecified atom stereocenters. The Morgan fingerprint density at radius 1 is 1.25 bits per heavy atom. The van der Waals surface area contributed by atoms with Crippen molar-refractivity contribution in [2.45, 2.75) is 75.5 Å². The van der Waals surface area contributed by atoms with Crippen molar-refractivity contribution in [1.82, 2.24) is 25.1 Å². The molecule has 7 nitrogen and oxygen atoms in total. The maximum Gasteiger partial charge on any atom is 0.237 e. The van der Waals surface area contributed by atoms with Crippen LogP contribution in [0.2, 0.25) is 0 Å². The molecule has 4 rings (SSSR count). The van der Waals surface area contributed by atoms with E-state index in [9.17, 15) is 4.79 Å². The molecular formula is C20H27N5O2S. The molecule has 150 valence electrons. The predicted octanol–water partition coefficient (Wildman–Crippen LogP) is 4.35. The molecule has 0 saturated heterocycles. The Kier molecular flexibility index (Phi) is 6.46. The van der Waals surface area contributed by atoms with Crippen molar-refractivity contribution in [1.29, 1.82) is 0 Å². The van der Waals surface area contributed by atoms with Crippen LogP contribution in [0.4, 0.5) is 0 Å². The summed E-state index contributed by atoms with van der Waals surface area (Å²) >= 11 is 1.44. The van der Waals surface area contributed by atoms with Gasteiger partial charge in [0.1, 0.15) is 5.76 Å². The number of furan rings is 1. The van der Waals surface area contributed by atoms with Crippen molar-refractivity contribution in [2.75, 3.05) is 5.75 Å². The first-order chi connectivity index (χ1) is 13.8. The monoisotopic (exact) mass is 401 g/mol. The van der Waals surface area contributed by atoms with Gasteiger partial charge in [-0.25, -0.2) is 4.68 Å². The molecule has 2 aliphatic rings. The van der Waals surface area contributed by atoms with E-state index in [1.54, 1.807) is 6.26 Å². The van der Waals surface area contributed by atoms with Gasteiger partial charge in [0.05, 0.1) is 24.6 Å². The maximum atomic E-state index is 13.1. The number of aromatic nitrogens is 4. The summed E-state index contributed by atoms with van der Waals surface area (Å²) in [4.78, 5) is 15.0. The maximum absolute atomic E-state index is 13.1. The van der Waals surface area contributed by atoms with Crippen molar-refractivity contribution < 1.29 is 9.21 Å². The second-order valence-electron chi connectivity index (χ2n) is 7.49. The largest absolute Gasteiger partial charge is 0.467 e. The van der Waals surface area contributed by atoms with Gasteiger partial charge in [0.15, 0.2) is 0 Å². The Morgan fingerprint density at radius 3 is 2.89 bits per heavy atom. The molecule has 1 saturated carbocycles. The molecule has 0 atom stereocenters. The molecule has 0 N–H and O–H groups in total. The highest BCUT2D eigenvalue weighted by Gasteiger charge is 2.24. The van der Waals surface area contributed by atoms with Crippen LogP contribution in [-0.2, 0) is 11.3 Å². The summed E-state index contributed by atoms with van der Waals surface area (Å²) in [5, 5.41) is 13.0. The molecule has 1 amide bonds. The van der Waals surface area contributed by atoms with Crippen LogP contribution < -0.4 is 0 Å². The molecule has 2 aliphatic carbocycles. The number of allylic oxidation sites excluding steroid dienone is 2. The van der Waals surface area contributed by atoms with E-state index in [0.29, 0.717) is 18.3 Å². The quantitative estimate of drug-likeness (QED) is 0.642. The SMILES string of the molecule is O=C(CSc1nnnn1C1CCCCC1)N(Cc1ccco1)C1=CCCCC1. The lowest BCUT2D eigenvalue weighted by atomic mass is 9.96. The molecule has 0 aliphatic heterocycles. The van der Waals surface area contributed by atoms with E-state index in [0.717, 1.165) is 48.7 Å². The summed E-state index contributed by atoms with van der Waals surface area (Å²) in [6.07, 6.45) is 14.1. The Labute approximate surface area is 169 Å². The number of rotatable bonds is 7. The first kappa shape index (κ1) is 19.2. The number of carbonyl (C=O) groups excluding carboxylic acids is 1. The number of hydrogen-bond acceptors (Lipinski definition) is 6. The summed E-state index contributed by atoms with van der Waals surface area (Å²) < 4.78 is 7.41. The fraction of sp³-hybridized carbons (Fsp3) is 0.600. The summed E-state index contributed by atoms with van der Waals surface area (Å²) in [5.41, 5.74) is 1.11. The van der Waals surface area contributed by atoms with Crippen molar-refractivity contribution >= 4 is 17.7 Å². The van der Waals surface area contributed by atoms with Gasteiger partial charge in [-0.2, -0.15) is 0 Å². The molecule has 0 bridgehead atoms. The van der Waals surface area contributed by atoms with Crippen molar-refractivity contribution in [2.24, 2.45) is 0 Å². The lowest BCUT2D eigenvalue weighted by Crippen LogP contribution is -2.32. The predicted molar refractivity (Wildman–Crippen MR) is 106 cm³/mol. The zero-order valence-corrected chi connectivity index (χ0v) is 16.9. The minimum atomic E-state index is 0.0766. The Hall–Kier alpha value is -2.09. The zero-order chi connectivity index (χ0) is 19.2. The van der Waals surface area contributed by atoms with Gasteiger partial charge in [0, 0.05) is 5.70 Å². The topological polar surface area (TPSA) is 77.1 Å². The minimum Gasteiger partial charge on any atom is -0.467 e. The highest BCUT2D eigenvalue weighted by molar-refractivity contribution is 7.99. The van der Waals surface area contributed by atoms with Gasteiger partial charge < -0.3 is 9.32 Å². The Morgan fingerprint density at radius 2 is 2.14 bits per heavy atom. The van der Waals surface area contributed by atoms with Crippen LogP contribution in [-0.4, -0.2) is 36.8 Å². The number of amides is 1. The molecule has 28 heavy (non-hydrogen) atoms. The lowest BCUT2D eigenvalue weighted by molar-refractivity contribution is -0.127. The van der Waals surface area contributed by atoms with Crippen molar-refractivity contribution in [3.05, 3.63) is 35.9 Å². The standard InChI is InChI=1S/C20H27N5O2S/c26-19(15-28-20-21-22-23-25(20)17-10-5-2-6-11-17)24(14-18-12-7-13-27-18)16-8-3-1-4-9-16/h7-8,12-13,17H,1-6,9-11,14-15H2. The molecule has 0 aromatic carbocycles. The van der Waals surface area contributed by atoms with Crippen LogP contribution in [0.15, 0.2) is 39.7 Å². The van der Waals surface area contributed by atoms with E-state index in [4.69, 9.17) is 4.42 Å². The van der Waals surface area contributed by atoms with E-state index >= 15 is 0 Å². The zero-order valence-electron chi connectivity index (χ0n) is 16.1. The summed E-state index contributed by atoms with van der Waals surface area (Å²) in [6.45, 7) is 0.478. The van der Waals surface area contributed by atoms with Gasteiger partial charge in [-0.1, -0.05) is 37.1 Å². The second-order valence-corrected chi connectivity index (χ2v) is 8.43. The molecular weight excluding hydrogens is 374 g/mol. The average Bonchev–Trinajstić information content (AvgIpc) is 3.43. The van der Waals surface area contributed by atoms with Crippen LogP contribution in [0.1, 0.15) is 69.6 Å². The molecule has 2 aromatic heterocycles. The minimum absolute atomic E-state index is 0.0766. The smallest absolute Gasteiger partial charge is 0.237 e. The fourth-order valence-electron chi connectivity index (χ4n) is 4.01. The van der Waals surface area contributed by atoms with Crippen LogP contribution in [0.5, 0.6) is 0 Å². The van der Waals surface area contributed by atoms with Crippen molar-refractivity contribution in [3.8, 4) is 0 Å². The van der Waals surface area contributed by atoms with E-state index in [1.807, 2.05) is 21.7 Å². The highest BCUT2D eigenvalue weighted by Crippen LogP contribution is 2.31. The van der Waals surface area contributed by atoms with Crippen molar-refractivity contribution in [3.63, 3.8) is 0 Å². The fourth-order valence-corrected chi connectivity index (χ4v) is 4.83. The number of nitrogens with zero attached hydrogens (tertiary/aromatic N) is 5. The molecule has 0 spiro atoms. The number of thioether (sulfide) groups is 1. The third-order valence-electron chi connectivity index (χ3n) is 5.52. The van der Waals surface area contributed by atoms with E-state index in [1.165, 1.54) is 37.4 Å². The van der Waals surface area contributed by atoms with Gasteiger partial charge in [0.25, 0.3) is 0 Å². The average molecular weight is 402 g/mol. The molecule has 1 fully saturated rings. The second kappa shape index (κ2) is 9.41. The molecule has 2 aromatic rings. The number of carbonyl (C=O) groups is 1. The lowest BCUT2D eigenvalue weighted by Gasteiger charge is -2.27. The van der Waals surface area contributed by atoms with E-state index in [2.05, 4.69) is 21.6 Å². The van der Waals surface area contributed by atoms with Gasteiger partial charge in [-0.3, -0.25) is 4.79 Å². The highest BCUT2D eigenvalue weighted by atomic mass is 32.2. The molecule has 0 radical (unpaired) electrons. The van der Waals surface area contributed by atoms with Crippen LogP contribution in [0.3, 0.4) is 0 Å².